The van der Waals surface area contributed by atoms with Gasteiger partial charge in [0.2, 0.25) is 12.3 Å². The summed E-state index contributed by atoms with van der Waals surface area (Å²) in [7, 11) is 0. The van der Waals surface area contributed by atoms with Crippen LogP contribution in [0.5, 0.6) is 0 Å². The van der Waals surface area contributed by atoms with E-state index >= 15 is 0 Å². The molecule has 1 heterocycles. The molecule has 0 unspecified atom stereocenters. The molecule has 2 amide bonds. The van der Waals surface area contributed by atoms with Crippen molar-refractivity contribution in [3.05, 3.63) is 106 Å². The number of halogens is 1. The van der Waals surface area contributed by atoms with Crippen LogP contribution < -0.4 is 10.7 Å². The molecule has 1 fully saturated rings. The van der Waals surface area contributed by atoms with E-state index in [1.807, 2.05) is 67.7 Å². The third-order valence-corrected chi connectivity index (χ3v) is 5.26. The van der Waals surface area contributed by atoms with Crippen LogP contribution in [0.3, 0.4) is 0 Å². The topological polar surface area (TPSA) is 61.2 Å². The number of carbonyl (C=O) groups excluding carboxylic acids is 2. The first kappa shape index (κ1) is 19.9. The third kappa shape index (κ3) is 4.26. The molecule has 3 aromatic carbocycles. The normalized spacial score (nSPS) is 19.5. The predicted molar refractivity (Wildman–Crippen MR) is 117 cm³/mol. The van der Waals surface area contributed by atoms with E-state index in [1.54, 1.807) is 28.9 Å². The number of aryl methyl sites for hydroxylation is 1. The highest BCUT2D eigenvalue weighted by atomic mass is 35.5. The van der Waals surface area contributed by atoms with E-state index in [1.165, 1.54) is 0 Å². The lowest BCUT2D eigenvalue weighted by Crippen LogP contribution is -2.42. The van der Waals surface area contributed by atoms with Crippen molar-refractivity contribution >= 4 is 29.6 Å². The van der Waals surface area contributed by atoms with Gasteiger partial charge in [0.05, 0.1) is 0 Å². The Bertz CT molecular complexity index is 1110. The van der Waals surface area contributed by atoms with Gasteiger partial charge < -0.3 is 5.32 Å². The molecule has 30 heavy (non-hydrogen) atoms. The van der Waals surface area contributed by atoms with Crippen molar-refractivity contribution in [2.75, 3.05) is 0 Å². The number of benzene rings is 3. The van der Waals surface area contributed by atoms with Crippen LogP contribution in [0.1, 0.15) is 33.1 Å². The van der Waals surface area contributed by atoms with Gasteiger partial charge in [-0.25, -0.2) is 0 Å². The Morgan fingerprint density at radius 1 is 1.03 bits per heavy atom. The molecule has 1 aliphatic heterocycles. The summed E-state index contributed by atoms with van der Waals surface area (Å²) >= 11 is 5.98. The van der Waals surface area contributed by atoms with E-state index in [2.05, 4.69) is 10.7 Å². The van der Waals surface area contributed by atoms with Crippen molar-refractivity contribution in [2.45, 2.75) is 19.0 Å². The van der Waals surface area contributed by atoms with Crippen molar-refractivity contribution < 1.29 is 14.3 Å². The maximum absolute atomic E-state index is 12.8. The lowest BCUT2D eigenvalue weighted by atomic mass is 9.99. The molecule has 0 aliphatic carbocycles. The molecule has 4 rings (SSSR count). The highest BCUT2D eigenvalue weighted by Gasteiger charge is 2.47. The second-order valence-corrected chi connectivity index (χ2v) is 7.68. The highest BCUT2D eigenvalue weighted by Crippen LogP contribution is 2.25. The van der Waals surface area contributed by atoms with E-state index in [4.69, 9.17) is 11.6 Å². The van der Waals surface area contributed by atoms with Crippen molar-refractivity contribution in [3.63, 3.8) is 0 Å². The van der Waals surface area contributed by atoms with Gasteiger partial charge in [0.1, 0.15) is 0 Å². The predicted octanol–water partition coefficient (Wildman–Crippen LogP) is 3.66. The second-order valence-electron chi connectivity index (χ2n) is 7.24. The maximum atomic E-state index is 12.8. The number of hydrogen-bond donors (Lipinski definition) is 2. The smallest absolute Gasteiger partial charge is 0.304 e. The summed E-state index contributed by atoms with van der Waals surface area (Å²) < 4.78 is 1.74. The van der Waals surface area contributed by atoms with Gasteiger partial charge in [0.15, 0.2) is 6.04 Å². The number of amides is 2. The Balaban J connectivity index is 1.69. The number of nitrogens with one attached hydrogen (secondary N) is 2. The molecule has 6 heteroatoms. The van der Waals surface area contributed by atoms with Gasteiger partial charge in [-0.2, -0.15) is 0 Å². The fourth-order valence-electron chi connectivity index (χ4n) is 3.55. The first-order valence-electron chi connectivity index (χ1n) is 9.63. The number of hydrazine groups is 1. The first-order chi connectivity index (χ1) is 14.5. The Morgan fingerprint density at radius 2 is 1.77 bits per heavy atom. The van der Waals surface area contributed by atoms with Gasteiger partial charge in [-0.05, 0) is 43.3 Å². The SMILES string of the molecule is Cc1cccc(C(=O)N[C@H]2C(=O)N/[N+](=C\c3ccc(Cl)cc3)[C@@H]2c2ccccc2)c1. The number of rotatable bonds is 4. The summed E-state index contributed by atoms with van der Waals surface area (Å²) in [5.74, 6) is -0.553. The molecule has 0 spiro atoms. The monoisotopic (exact) mass is 418 g/mol. The van der Waals surface area contributed by atoms with E-state index in [9.17, 15) is 9.59 Å². The zero-order valence-electron chi connectivity index (χ0n) is 16.4. The quantitative estimate of drug-likeness (QED) is 0.635. The first-order valence-corrected chi connectivity index (χ1v) is 10.0. The summed E-state index contributed by atoms with van der Waals surface area (Å²) in [4.78, 5) is 25.7. The summed E-state index contributed by atoms with van der Waals surface area (Å²) in [6.45, 7) is 1.93. The van der Waals surface area contributed by atoms with Crippen LogP contribution in [0, 0.1) is 6.92 Å². The highest BCUT2D eigenvalue weighted by molar-refractivity contribution is 6.30. The van der Waals surface area contributed by atoms with E-state index < -0.39 is 12.1 Å². The average molecular weight is 419 g/mol. The van der Waals surface area contributed by atoms with Gasteiger partial charge in [-0.3, -0.25) is 9.59 Å². The number of hydrogen-bond acceptors (Lipinski definition) is 2. The molecule has 0 radical (unpaired) electrons. The number of nitrogens with zero attached hydrogens (tertiary/aromatic N) is 1. The summed E-state index contributed by atoms with van der Waals surface area (Å²) in [6.07, 6.45) is 1.84. The Hall–Kier alpha value is -3.44. The Labute approximate surface area is 180 Å². The van der Waals surface area contributed by atoms with Crippen molar-refractivity contribution in [1.29, 1.82) is 0 Å². The molecular weight excluding hydrogens is 398 g/mol. The van der Waals surface area contributed by atoms with Crippen LogP contribution >= 0.6 is 11.6 Å². The Morgan fingerprint density at radius 3 is 2.47 bits per heavy atom. The molecule has 1 saturated heterocycles. The van der Waals surface area contributed by atoms with E-state index in [0.29, 0.717) is 10.6 Å². The molecule has 3 aromatic rings. The molecule has 150 valence electrons. The van der Waals surface area contributed by atoms with Gasteiger partial charge in [-0.15, -0.1) is 10.1 Å². The van der Waals surface area contributed by atoms with E-state index in [-0.39, 0.29) is 11.8 Å². The minimum absolute atomic E-state index is 0.268. The van der Waals surface area contributed by atoms with Gasteiger partial charge in [0, 0.05) is 21.7 Å². The van der Waals surface area contributed by atoms with Crippen molar-refractivity contribution in [1.82, 2.24) is 10.7 Å². The van der Waals surface area contributed by atoms with Crippen LogP contribution in [0.4, 0.5) is 0 Å². The number of hydrazone groups is 1. The lowest BCUT2D eigenvalue weighted by Gasteiger charge is -2.15. The lowest BCUT2D eigenvalue weighted by molar-refractivity contribution is -0.596. The zero-order valence-corrected chi connectivity index (χ0v) is 17.1. The molecule has 0 aromatic heterocycles. The molecule has 0 bridgehead atoms. The van der Waals surface area contributed by atoms with Crippen LogP contribution in [0.2, 0.25) is 5.02 Å². The molecule has 2 N–H and O–H groups in total. The molecular formula is C24H21ClN3O2+. The molecule has 1 aliphatic rings. The summed E-state index contributed by atoms with van der Waals surface area (Å²) in [5.41, 5.74) is 6.17. The van der Waals surface area contributed by atoms with Crippen molar-refractivity contribution in [3.8, 4) is 0 Å². The fourth-order valence-corrected chi connectivity index (χ4v) is 3.68. The van der Waals surface area contributed by atoms with Gasteiger partial charge >= 0.3 is 5.91 Å². The zero-order chi connectivity index (χ0) is 21.1. The van der Waals surface area contributed by atoms with Crippen molar-refractivity contribution in [2.24, 2.45) is 0 Å². The molecule has 2 atom stereocenters. The minimum atomic E-state index is -0.746. The van der Waals surface area contributed by atoms with Crippen LogP contribution in [-0.4, -0.2) is 28.8 Å². The largest absolute Gasteiger partial charge is 0.334 e. The maximum Gasteiger partial charge on any atom is 0.304 e. The Kier molecular flexibility index (Phi) is 5.63. The minimum Gasteiger partial charge on any atom is -0.334 e. The third-order valence-electron chi connectivity index (χ3n) is 5.00. The van der Waals surface area contributed by atoms with Crippen LogP contribution in [-0.2, 0) is 4.79 Å². The van der Waals surface area contributed by atoms with Crippen LogP contribution in [0.25, 0.3) is 0 Å². The summed E-state index contributed by atoms with van der Waals surface area (Å²) in [5, 5.41) is 3.55. The average Bonchev–Trinajstić information content (AvgIpc) is 3.05. The van der Waals surface area contributed by atoms with E-state index in [0.717, 1.165) is 16.7 Å². The molecule has 0 saturated carbocycles. The summed E-state index contributed by atoms with van der Waals surface area (Å²) in [6, 6.07) is 23.1. The number of carbonyl (C=O) groups is 2. The van der Waals surface area contributed by atoms with Crippen LogP contribution in [0.15, 0.2) is 78.9 Å². The van der Waals surface area contributed by atoms with Gasteiger partial charge in [0.25, 0.3) is 5.91 Å². The molecule has 5 nitrogen and oxygen atoms in total. The standard InChI is InChI=1S/C24H20ClN3O2/c1-16-6-5-9-19(14-16)23(29)26-21-22(18-7-3-2-4-8-18)28(27-24(21)30)15-17-10-12-20(25)13-11-17/h2-15,21-22H,1H3,(H-,26,27,29,30)/p+1/b28-15-/t21-,22-/m1/s1. The fraction of sp³-hybridized carbons (Fsp3) is 0.125. The second kappa shape index (κ2) is 8.51. The van der Waals surface area contributed by atoms with Gasteiger partial charge in [-0.1, -0.05) is 59.6 Å².